The van der Waals surface area contributed by atoms with Gasteiger partial charge in [-0.15, -0.1) is 0 Å². The van der Waals surface area contributed by atoms with Gasteiger partial charge in [0.25, 0.3) is 10.0 Å². The first kappa shape index (κ1) is 15.0. The average molecular weight is 303 g/mol. The molecule has 2 rings (SSSR count). The minimum atomic E-state index is -3.71. The van der Waals surface area contributed by atoms with Crippen LogP contribution in [-0.2, 0) is 10.0 Å². The summed E-state index contributed by atoms with van der Waals surface area (Å²) in [5.41, 5.74) is 0.852. The Bertz CT molecular complexity index is 765. The van der Waals surface area contributed by atoms with Crippen LogP contribution >= 0.6 is 0 Å². The Hall–Kier alpha value is -2.43. The van der Waals surface area contributed by atoms with Gasteiger partial charge in [0.05, 0.1) is 29.6 Å². The molecule has 1 heterocycles. The summed E-state index contributed by atoms with van der Waals surface area (Å²) in [7, 11) is -3.71. The van der Waals surface area contributed by atoms with E-state index in [9.17, 15) is 8.42 Å². The second-order valence-corrected chi connectivity index (χ2v) is 5.72. The fraction of sp³-hybridized carbons (Fsp3) is 0.143. The van der Waals surface area contributed by atoms with E-state index in [2.05, 4.69) is 26.5 Å². The number of aliphatic hydroxyl groups excluding tert-OH is 1. The van der Waals surface area contributed by atoms with Crippen LogP contribution in [0.25, 0.3) is 0 Å². The molecule has 0 radical (unpaired) electrons. The summed E-state index contributed by atoms with van der Waals surface area (Å²) < 4.78 is 26.8. The van der Waals surface area contributed by atoms with Gasteiger partial charge in [0.1, 0.15) is 6.33 Å². The highest BCUT2D eigenvalue weighted by molar-refractivity contribution is 7.92. The maximum Gasteiger partial charge on any atom is 0.262 e. The molecule has 108 valence electrons. The van der Waals surface area contributed by atoms with Crippen molar-refractivity contribution in [2.75, 3.05) is 11.3 Å². The molecular formula is C14H13N3O3S. The van der Waals surface area contributed by atoms with Crippen molar-refractivity contribution in [3.63, 3.8) is 0 Å². The summed E-state index contributed by atoms with van der Waals surface area (Å²) in [4.78, 5) is 7.59. The maximum atomic E-state index is 12.2. The fourth-order valence-electron chi connectivity index (χ4n) is 1.53. The molecule has 0 spiro atoms. The third kappa shape index (κ3) is 4.27. The van der Waals surface area contributed by atoms with Crippen molar-refractivity contribution >= 4 is 15.7 Å². The molecule has 1 aromatic heterocycles. The van der Waals surface area contributed by atoms with E-state index in [4.69, 9.17) is 5.11 Å². The second-order valence-electron chi connectivity index (χ2n) is 4.04. The first-order chi connectivity index (χ1) is 10.1. The molecule has 0 amide bonds. The minimum absolute atomic E-state index is 0.0272. The van der Waals surface area contributed by atoms with Gasteiger partial charge in [-0.05, 0) is 18.2 Å². The van der Waals surface area contributed by atoms with Crippen molar-refractivity contribution in [1.29, 1.82) is 0 Å². The van der Waals surface area contributed by atoms with Crippen molar-refractivity contribution in [2.45, 2.75) is 11.3 Å². The predicted octanol–water partition coefficient (Wildman–Crippen LogP) is 1.01. The van der Waals surface area contributed by atoms with Crippen LogP contribution in [0.4, 0.5) is 5.69 Å². The van der Waals surface area contributed by atoms with Crippen molar-refractivity contribution in [2.24, 2.45) is 0 Å². The van der Waals surface area contributed by atoms with Crippen molar-refractivity contribution in [1.82, 2.24) is 9.97 Å². The molecule has 0 bridgehead atoms. The third-order valence-corrected chi connectivity index (χ3v) is 3.81. The second kappa shape index (κ2) is 6.83. The molecule has 21 heavy (non-hydrogen) atoms. The standard InChI is InChI=1S/C14H13N3O3S/c18-7-2-1-4-12-5-3-6-14(8-12)21(19,20)17-13-9-15-11-16-10-13/h3,5-6,8-11,17-18H,2,7H2. The van der Waals surface area contributed by atoms with Gasteiger partial charge in [-0.2, -0.15) is 0 Å². The summed E-state index contributed by atoms with van der Waals surface area (Å²) >= 11 is 0. The summed E-state index contributed by atoms with van der Waals surface area (Å²) in [6.07, 6.45) is 4.40. The van der Waals surface area contributed by atoms with Gasteiger partial charge < -0.3 is 5.11 Å². The largest absolute Gasteiger partial charge is 0.395 e. The van der Waals surface area contributed by atoms with E-state index in [0.29, 0.717) is 12.0 Å². The zero-order valence-corrected chi connectivity index (χ0v) is 11.8. The fourth-order valence-corrected chi connectivity index (χ4v) is 2.60. The van der Waals surface area contributed by atoms with Crippen LogP contribution in [0, 0.1) is 11.8 Å². The molecule has 0 atom stereocenters. The Labute approximate surface area is 122 Å². The van der Waals surface area contributed by atoms with E-state index >= 15 is 0 Å². The number of benzene rings is 1. The Balaban J connectivity index is 2.25. The van der Waals surface area contributed by atoms with Gasteiger partial charge >= 0.3 is 0 Å². The van der Waals surface area contributed by atoms with Crippen LogP contribution in [0.3, 0.4) is 0 Å². The van der Waals surface area contributed by atoms with Crippen LogP contribution in [-0.4, -0.2) is 30.1 Å². The molecule has 2 N–H and O–H groups in total. The number of aliphatic hydroxyl groups is 1. The quantitative estimate of drug-likeness (QED) is 0.822. The summed E-state index contributed by atoms with van der Waals surface area (Å²) in [5.74, 6) is 5.54. The highest BCUT2D eigenvalue weighted by atomic mass is 32.2. The van der Waals surface area contributed by atoms with Gasteiger partial charge in [-0.3, -0.25) is 4.72 Å². The molecule has 0 aliphatic carbocycles. The first-order valence-electron chi connectivity index (χ1n) is 6.09. The Morgan fingerprint density at radius 2 is 2.00 bits per heavy atom. The SMILES string of the molecule is O=S(=O)(Nc1cncnc1)c1cccc(C#CCCO)c1. The van der Waals surface area contributed by atoms with E-state index in [-0.39, 0.29) is 17.2 Å². The van der Waals surface area contributed by atoms with E-state index in [0.717, 1.165) is 0 Å². The molecule has 1 aromatic carbocycles. The summed E-state index contributed by atoms with van der Waals surface area (Å²) in [6.45, 7) is -0.0272. The Morgan fingerprint density at radius 3 is 2.71 bits per heavy atom. The lowest BCUT2D eigenvalue weighted by molar-refractivity contribution is 0.305. The number of hydrogen-bond donors (Lipinski definition) is 2. The van der Waals surface area contributed by atoms with Gasteiger partial charge in [0.2, 0.25) is 0 Å². The topological polar surface area (TPSA) is 92.2 Å². The highest BCUT2D eigenvalue weighted by Gasteiger charge is 2.14. The molecule has 0 saturated carbocycles. The molecule has 6 nitrogen and oxygen atoms in total. The lowest BCUT2D eigenvalue weighted by Gasteiger charge is -2.07. The molecular weight excluding hydrogens is 290 g/mol. The molecule has 7 heteroatoms. The third-order valence-electron chi connectivity index (χ3n) is 2.43. The molecule has 0 fully saturated rings. The van der Waals surface area contributed by atoms with Crippen LogP contribution in [0.2, 0.25) is 0 Å². The zero-order valence-electron chi connectivity index (χ0n) is 11.0. The number of sulfonamides is 1. The highest BCUT2D eigenvalue weighted by Crippen LogP contribution is 2.15. The predicted molar refractivity (Wildman–Crippen MR) is 77.9 cm³/mol. The van der Waals surface area contributed by atoms with Crippen LogP contribution in [0.1, 0.15) is 12.0 Å². The van der Waals surface area contributed by atoms with Gasteiger partial charge in [-0.25, -0.2) is 18.4 Å². The summed E-state index contributed by atoms with van der Waals surface area (Å²) in [5, 5.41) is 8.67. The van der Waals surface area contributed by atoms with Gasteiger partial charge in [-0.1, -0.05) is 17.9 Å². The Kier molecular flexibility index (Phi) is 4.87. The number of anilines is 1. The van der Waals surface area contributed by atoms with Gasteiger partial charge in [0.15, 0.2) is 0 Å². The first-order valence-corrected chi connectivity index (χ1v) is 7.58. The lowest BCUT2D eigenvalue weighted by atomic mass is 10.2. The van der Waals surface area contributed by atoms with E-state index < -0.39 is 10.0 Å². The smallest absolute Gasteiger partial charge is 0.262 e. The summed E-state index contributed by atoms with van der Waals surface area (Å²) in [6, 6.07) is 6.26. The van der Waals surface area contributed by atoms with Crippen LogP contribution in [0.15, 0.2) is 47.9 Å². The lowest BCUT2D eigenvalue weighted by Crippen LogP contribution is -2.13. The van der Waals surface area contributed by atoms with Gasteiger partial charge in [0, 0.05) is 12.0 Å². The van der Waals surface area contributed by atoms with Crippen LogP contribution in [0.5, 0.6) is 0 Å². The Morgan fingerprint density at radius 1 is 1.24 bits per heavy atom. The molecule has 0 saturated heterocycles. The molecule has 2 aromatic rings. The van der Waals surface area contributed by atoms with Crippen LogP contribution < -0.4 is 4.72 Å². The van der Waals surface area contributed by atoms with E-state index in [1.165, 1.54) is 30.9 Å². The molecule has 0 unspecified atom stereocenters. The van der Waals surface area contributed by atoms with Crippen molar-refractivity contribution < 1.29 is 13.5 Å². The monoisotopic (exact) mass is 303 g/mol. The minimum Gasteiger partial charge on any atom is -0.395 e. The molecule has 0 aliphatic heterocycles. The number of nitrogens with one attached hydrogen (secondary N) is 1. The number of hydrogen-bond acceptors (Lipinski definition) is 5. The average Bonchev–Trinajstić information content (AvgIpc) is 2.48. The normalized spacial score (nSPS) is 10.5. The van der Waals surface area contributed by atoms with E-state index in [1.807, 2.05) is 0 Å². The zero-order chi connectivity index (χ0) is 15.1. The molecule has 0 aliphatic rings. The number of aromatic nitrogens is 2. The number of rotatable bonds is 4. The number of nitrogens with zero attached hydrogens (tertiary/aromatic N) is 2. The van der Waals surface area contributed by atoms with E-state index in [1.54, 1.807) is 12.1 Å². The maximum absolute atomic E-state index is 12.2. The van der Waals surface area contributed by atoms with Crippen molar-refractivity contribution in [3.8, 4) is 11.8 Å². The van der Waals surface area contributed by atoms with Crippen molar-refractivity contribution in [3.05, 3.63) is 48.5 Å².